The van der Waals surface area contributed by atoms with Gasteiger partial charge in [0, 0.05) is 33.9 Å². The fraction of sp³-hybridized carbons (Fsp3) is 0.375. The van der Waals surface area contributed by atoms with Gasteiger partial charge in [-0.05, 0) is 12.5 Å². The molecule has 0 unspecified atom stereocenters. The molecular formula is C16H19F2N3O2. The number of nitrogens with one attached hydrogen (secondary N) is 1. The highest BCUT2D eigenvalue weighted by Gasteiger charge is 2.22. The molecule has 0 spiro atoms. The van der Waals surface area contributed by atoms with Gasteiger partial charge < -0.3 is 14.8 Å². The van der Waals surface area contributed by atoms with Crippen molar-refractivity contribution in [2.75, 3.05) is 26.0 Å². The van der Waals surface area contributed by atoms with Crippen LogP contribution >= 0.6 is 0 Å². The second kappa shape index (κ2) is 6.36. The molecule has 2 rings (SSSR count). The Balaban J connectivity index is 2.98. The summed E-state index contributed by atoms with van der Waals surface area (Å²) < 4.78 is 30.5. The van der Waals surface area contributed by atoms with Gasteiger partial charge in [0.1, 0.15) is 17.1 Å². The molecule has 0 atom stereocenters. The zero-order chi connectivity index (χ0) is 17.3. The van der Waals surface area contributed by atoms with Crippen molar-refractivity contribution < 1.29 is 13.6 Å². The number of halogens is 2. The van der Waals surface area contributed by atoms with Gasteiger partial charge in [-0.1, -0.05) is 6.92 Å². The van der Waals surface area contributed by atoms with Crippen LogP contribution < -0.4 is 15.6 Å². The second-order valence-corrected chi connectivity index (χ2v) is 5.46. The third-order valence-corrected chi connectivity index (χ3v) is 3.61. The van der Waals surface area contributed by atoms with Crippen molar-refractivity contribution in [2.24, 2.45) is 0 Å². The number of anilines is 1. The van der Waals surface area contributed by atoms with Crippen molar-refractivity contribution in [3.8, 4) is 0 Å². The van der Waals surface area contributed by atoms with E-state index < -0.39 is 23.0 Å². The van der Waals surface area contributed by atoms with Crippen LogP contribution in [0.4, 0.5) is 14.5 Å². The van der Waals surface area contributed by atoms with Crippen molar-refractivity contribution in [1.82, 2.24) is 9.88 Å². The van der Waals surface area contributed by atoms with E-state index in [1.807, 2.05) is 6.92 Å². The summed E-state index contributed by atoms with van der Waals surface area (Å²) in [5.41, 5.74) is -1.02. The first kappa shape index (κ1) is 16.9. The van der Waals surface area contributed by atoms with Gasteiger partial charge in [-0.2, -0.15) is 0 Å². The molecule has 0 bridgehead atoms. The molecule has 0 saturated heterocycles. The third kappa shape index (κ3) is 2.78. The Morgan fingerprint density at radius 1 is 1.35 bits per heavy atom. The number of aromatic nitrogens is 1. The molecule has 0 fully saturated rings. The zero-order valence-electron chi connectivity index (χ0n) is 13.5. The SMILES string of the molecule is CCCn1cc(C(=O)NC)c(=O)c2cc(F)c(N(C)C)c(F)c21. The molecule has 1 aromatic carbocycles. The first-order valence-electron chi connectivity index (χ1n) is 7.28. The van der Waals surface area contributed by atoms with Crippen LogP contribution in [0.3, 0.4) is 0 Å². The predicted octanol–water partition coefficient (Wildman–Crippen LogP) is 2.12. The van der Waals surface area contributed by atoms with Crippen LogP contribution in [-0.2, 0) is 6.54 Å². The maximum atomic E-state index is 14.8. The van der Waals surface area contributed by atoms with E-state index >= 15 is 0 Å². The Labute approximate surface area is 132 Å². The Morgan fingerprint density at radius 2 is 2.00 bits per heavy atom. The van der Waals surface area contributed by atoms with E-state index in [9.17, 15) is 18.4 Å². The highest BCUT2D eigenvalue weighted by molar-refractivity contribution is 5.97. The van der Waals surface area contributed by atoms with E-state index in [1.54, 1.807) is 0 Å². The largest absolute Gasteiger partial charge is 0.373 e. The van der Waals surface area contributed by atoms with Gasteiger partial charge in [-0.3, -0.25) is 9.59 Å². The lowest BCUT2D eigenvalue weighted by Crippen LogP contribution is -2.28. The minimum Gasteiger partial charge on any atom is -0.373 e. The van der Waals surface area contributed by atoms with Gasteiger partial charge in [0.25, 0.3) is 5.91 Å². The molecule has 0 aliphatic heterocycles. The van der Waals surface area contributed by atoms with Crippen molar-refractivity contribution >= 4 is 22.5 Å². The Kier molecular flexibility index (Phi) is 4.68. The summed E-state index contributed by atoms with van der Waals surface area (Å²) in [4.78, 5) is 25.6. The van der Waals surface area contributed by atoms with Crippen molar-refractivity contribution in [1.29, 1.82) is 0 Å². The van der Waals surface area contributed by atoms with Crippen molar-refractivity contribution in [3.05, 3.63) is 39.7 Å². The van der Waals surface area contributed by atoms with Crippen LogP contribution in [0.15, 0.2) is 17.1 Å². The number of carbonyl (C=O) groups is 1. The lowest BCUT2D eigenvalue weighted by atomic mass is 10.1. The number of rotatable bonds is 4. The lowest BCUT2D eigenvalue weighted by molar-refractivity contribution is 0.0961. The number of nitrogens with zero attached hydrogens (tertiary/aromatic N) is 2. The molecule has 7 heteroatoms. The average molecular weight is 323 g/mol. The van der Waals surface area contributed by atoms with Gasteiger partial charge in [0.2, 0.25) is 5.43 Å². The first-order chi connectivity index (χ1) is 10.8. The number of pyridine rings is 1. The van der Waals surface area contributed by atoms with Gasteiger partial charge in [-0.25, -0.2) is 8.78 Å². The normalized spacial score (nSPS) is 10.9. The van der Waals surface area contributed by atoms with E-state index in [0.29, 0.717) is 13.0 Å². The third-order valence-electron chi connectivity index (χ3n) is 3.61. The summed E-state index contributed by atoms with van der Waals surface area (Å²) in [6.07, 6.45) is 1.99. The zero-order valence-corrected chi connectivity index (χ0v) is 13.5. The van der Waals surface area contributed by atoms with Crippen molar-refractivity contribution in [2.45, 2.75) is 19.9 Å². The first-order valence-corrected chi connectivity index (χ1v) is 7.28. The number of hydrogen-bond donors (Lipinski definition) is 1. The number of carbonyl (C=O) groups excluding carboxylic acids is 1. The number of hydrogen-bond acceptors (Lipinski definition) is 3. The van der Waals surface area contributed by atoms with Crippen LogP contribution in [0.5, 0.6) is 0 Å². The monoisotopic (exact) mass is 323 g/mol. The van der Waals surface area contributed by atoms with E-state index in [2.05, 4.69) is 5.32 Å². The number of amides is 1. The van der Waals surface area contributed by atoms with E-state index in [4.69, 9.17) is 0 Å². The molecule has 1 heterocycles. The molecular weight excluding hydrogens is 304 g/mol. The molecule has 124 valence electrons. The average Bonchev–Trinajstić information content (AvgIpc) is 2.48. The molecule has 5 nitrogen and oxygen atoms in total. The van der Waals surface area contributed by atoms with Gasteiger partial charge in [0.15, 0.2) is 5.82 Å². The fourth-order valence-electron chi connectivity index (χ4n) is 2.60. The standard InChI is InChI=1S/C16H19F2N3O2/c1-5-6-21-8-10(16(23)19-2)15(22)9-7-11(17)14(20(3)4)12(18)13(9)21/h7-8H,5-6H2,1-4H3,(H,19,23). The molecule has 2 aromatic rings. The Morgan fingerprint density at radius 3 is 2.52 bits per heavy atom. The number of benzene rings is 1. The highest BCUT2D eigenvalue weighted by atomic mass is 19.1. The minimum absolute atomic E-state index is 0.00889. The summed E-state index contributed by atoms with van der Waals surface area (Å²) in [7, 11) is 4.44. The van der Waals surface area contributed by atoms with E-state index in [1.165, 1.54) is 36.8 Å². The van der Waals surface area contributed by atoms with E-state index in [0.717, 1.165) is 6.07 Å². The molecule has 1 amide bonds. The quantitative estimate of drug-likeness (QED) is 0.938. The second-order valence-electron chi connectivity index (χ2n) is 5.46. The predicted molar refractivity (Wildman–Crippen MR) is 86.1 cm³/mol. The topological polar surface area (TPSA) is 54.3 Å². The fourth-order valence-corrected chi connectivity index (χ4v) is 2.60. The molecule has 1 N–H and O–H groups in total. The Bertz CT molecular complexity index is 828. The molecule has 23 heavy (non-hydrogen) atoms. The minimum atomic E-state index is -0.839. The van der Waals surface area contributed by atoms with E-state index in [-0.39, 0.29) is 22.2 Å². The summed E-state index contributed by atoms with van der Waals surface area (Å²) in [5.74, 6) is -2.23. The lowest BCUT2D eigenvalue weighted by Gasteiger charge is -2.19. The molecule has 1 aromatic heterocycles. The summed E-state index contributed by atoms with van der Waals surface area (Å²) in [6.45, 7) is 2.29. The van der Waals surface area contributed by atoms with Crippen LogP contribution in [0.2, 0.25) is 0 Å². The van der Waals surface area contributed by atoms with Crippen LogP contribution in [0.25, 0.3) is 10.9 Å². The van der Waals surface area contributed by atoms with Gasteiger partial charge in [-0.15, -0.1) is 0 Å². The molecule has 0 saturated carbocycles. The van der Waals surface area contributed by atoms with Gasteiger partial charge in [0.05, 0.1) is 10.9 Å². The number of fused-ring (bicyclic) bond motifs is 1. The van der Waals surface area contributed by atoms with Crippen LogP contribution in [0, 0.1) is 11.6 Å². The highest BCUT2D eigenvalue weighted by Crippen LogP contribution is 2.28. The Hall–Kier alpha value is -2.44. The smallest absolute Gasteiger partial charge is 0.256 e. The maximum absolute atomic E-state index is 14.8. The number of aryl methyl sites for hydroxylation is 1. The molecule has 0 radical (unpaired) electrons. The van der Waals surface area contributed by atoms with Crippen molar-refractivity contribution in [3.63, 3.8) is 0 Å². The summed E-state index contributed by atoms with van der Waals surface area (Å²) >= 11 is 0. The maximum Gasteiger partial charge on any atom is 0.256 e. The van der Waals surface area contributed by atoms with Crippen LogP contribution in [-0.4, -0.2) is 31.6 Å². The summed E-state index contributed by atoms with van der Waals surface area (Å²) in [5, 5.41) is 2.23. The molecule has 0 aliphatic carbocycles. The molecule has 0 aliphatic rings. The van der Waals surface area contributed by atoms with Crippen LogP contribution in [0.1, 0.15) is 23.7 Å². The summed E-state index contributed by atoms with van der Waals surface area (Å²) in [6, 6.07) is 0.995. The van der Waals surface area contributed by atoms with Gasteiger partial charge >= 0.3 is 0 Å².